The second kappa shape index (κ2) is 7.12. The standard InChI is InChI=1S/C9H20NO4P/c1-4-13-15(12,14-5-2)9(10)7-6-8(3)11/h9H,4-7,10H2,1-3H3/t9-/m1/s1. The lowest BCUT2D eigenvalue weighted by Gasteiger charge is -2.22. The van der Waals surface area contributed by atoms with Gasteiger partial charge < -0.3 is 19.6 Å². The third-order valence-electron chi connectivity index (χ3n) is 1.82. The molecule has 0 heterocycles. The van der Waals surface area contributed by atoms with Crippen molar-refractivity contribution in [2.45, 2.75) is 39.4 Å². The van der Waals surface area contributed by atoms with Gasteiger partial charge >= 0.3 is 7.60 Å². The van der Waals surface area contributed by atoms with Crippen LogP contribution >= 0.6 is 7.60 Å². The zero-order valence-corrected chi connectivity index (χ0v) is 10.5. The first-order valence-corrected chi connectivity index (χ1v) is 6.71. The van der Waals surface area contributed by atoms with Crippen molar-refractivity contribution in [2.75, 3.05) is 13.2 Å². The number of hydrogen-bond acceptors (Lipinski definition) is 5. The van der Waals surface area contributed by atoms with Crippen LogP contribution in [0.1, 0.15) is 33.6 Å². The van der Waals surface area contributed by atoms with Gasteiger partial charge in [0.15, 0.2) is 0 Å². The molecule has 0 unspecified atom stereocenters. The highest BCUT2D eigenvalue weighted by atomic mass is 31.2. The Morgan fingerprint density at radius 1 is 1.33 bits per heavy atom. The van der Waals surface area contributed by atoms with Crippen LogP contribution in [0.4, 0.5) is 0 Å². The number of rotatable bonds is 8. The van der Waals surface area contributed by atoms with Crippen LogP contribution in [-0.2, 0) is 18.4 Å². The molecule has 0 aromatic heterocycles. The fourth-order valence-electron chi connectivity index (χ4n) is 1.10. The van der Waals surface area contributed by atoms with E-state index in [1.807, 2.05) is 0 Å². The summed E-state index contributed by atoms with van der Waals surface area (Å²) in [6, 6.07) is 0. The van der Waals surface area contributed by atoms with Crippen molar-refractivity contribution < 1.29 is 18.4 Å². The molecule has 0 bridgehead atoms. The number of nitrogens with two attached hydrogens (primary N) is 1. The molecule has 15 heavy (non-hydrogen) atoms. The molecule has 0 rings (SSSR count). The maximum atomic E-state index is 12.0. The number of Topliss-reactive ketones (excluding diaryl/α,β-unsaturated/α-hetero) is 1. The Labute approximate surface area is 90.9 Å². The Morgan fingerprint density at radius 3 is 2.13 bits per heavy atom. The fraction of sp³-hybridized carbons (Fsp3) is 0.889. The Bertz CT molecular complexity index is 234. The molecule has 0 saturated carbocycles. The Morgan fingerprint density at radius 2 is 1.80 bits per heavy atom. The molecule has 0 aromatic carbocycles. The van der Waals surface area contributed by atoms with Gasteiger partial charge in [-0.1, -0.05) is 0 Å². The first kappa shape index (κ1) is 14.8. The molecule has 90 valence electrons. The van der Waals surface area contributed by atoms with Crippen molar-refractivity contribution in [1.82, 2.24) is 0 Å². The molecule has 0 aliphatic heterocycles. The highest BCUT2D eigenvalue weighted by Crippen LogP contribution is 2.52. The maximum absolute atomic E-state index is 12.0. The Hall–Kier alpha value is -0.220. The van der Waals surface area contributed by atoms with Gasteiger partial charge in [-0.3, -0.25) is 4.57 Å². The molecule has 0 aliphatic rings. The van der Waals surface area contributed by atoms with E-state index < -0.39 is 13.4 Å². The Kier molecular flexibility index (Phi) is 7.02. The third-order valence-corrected chi connectivity index (χ3v) is 4.12. The van der Waals surface area contributed by atoms with Crippen LogP contribution in [0, 0.1) is 0 Å². The molecular weight excluding hydrogens is 217 g/mol. The van der Waals surface area contributed by atoms with Gasteiger partial charge in [0, 0.05) is 6.42 Å². The maximum Gasteiger partial charge on any atom is 0.347 e. The van der Waals surface area contributed by atoms with Crippen molar-refractivity contribution in [2.24, 2.45) is 5.73 Å². The van der Waals surface area contributed by atoms with E-state index in [0.717, 1.165) is 0 Å². The topological polar surface area (TPSA) is 78.6 Å². The molecular formula is C9H20NO4P. The lowest BCUT2D eigenvalue weighted by atomic mass is 10.2. The average Bonchev–Trinajstić information content (AvgIpc) is 2.14. The van der Waals surface area contributed by atoms with E-state index in [1.54, 1.807) is 13.8 Å². The van der Waals surface area contributed by atoms with E-state index in [9.17, 15) is 9.36 Å². The van der Waals surface area contributed by atoms with Crippen molar-refractivity contribution in [1.29, 1.82) is 0 Å². The number of carbonyl (C=O) groups excluding carboxylic acids is 1. The molecule has 0 spiro atoms. The number of carbonyl (C=O) groups is 1. The molecule has 1 atom stereocenters. The van der Waals surface area contributed by atoms with E-state index in [2.05, 4.69) is 0 Å². The first-order chi connectivity index (χ1) is 6.96. The number of ketones is 1. The molecule has 0 aromatic rings. The zero-order chi connectivity index (χ0) is 11.9. The summed E-state index contributed by atoms with van der Waals surface area (Å²) in [5, 5.41) is 0. The average molecular weight is 237 g/mol. The van der Waals surface area contributed by atoms with Crippen LogP contribution in [0.15, 0.2) is 0 Å². The van der Waals surface area contributed by atoms with E-state index in [0.29, 0.717) is 12.8 Å². The van der Waals surface area contributed by atoms with Gasteiger partial charge in [-0.05, 0) is 27.2 Å². The first-order valence-electron chi connectivity index (χ1n) is 5.10. The lowest BCUT2D eigenvalue weighted by Crippen LogP contribution is -2.23. The van der Waals surface area contributed by atoms with Gasteiger partial charge in [0.2, 0.25) is 0 Å². The predicted octanol–water partition coefficient (Wildman–Crippen LogP) is 1.91. The van der Waals surface area contributed by atoms with Gasteiger partial charge in [-0.2, -0.15) is 0 Å². The lowest BCUT2D eigenvalue weighted by molar-refractivity contribution is -0.117. The smallest absolute Gasteiger partial charge is 0.318 e. The Balaban J connectivity index is 4.34. The molecule has 5 nitrogen and oxygen atoms in total. The van der Waals surface area contributed by atoms with Gasteiger partial charge in [0.05, 0.1) is 13.2 Å². The minimum absolute atomic E-state index is 0.0185. The second-order valence-electron chi connectivity index (χ2n) is 3.18. The fourth-order valence-corrected chi connectivity index (χ4v) is 2.72. The van der Waals surface area contributed by atoms with Crippen molar-refractivity contribution in [3.63, 3.8) is 0 Å². The van der Waals surface area contributed by atoms with Gasteiger partial charge in [-0.15, -0.1) is 0 Å². The van der Waals surface area contributed by atoms with E-state index in [-0.39, 0.29) is 19.0 Å². The van der Waals surface area contributed by atoms with Crippen LogP contribution in [0.2, 0.25) is 0 Å². The van der Waals surface area contributed by atoms with Crippen molar-refractivity contribution in [3.8, 4) is 0 Å². The monoisotopic (exact) mass is 237 g/mol. The third kappa shape index (κ3) is 5.42. The molecule has 0 amide bonds. The van der Waals surface area contributed by atoms with Gasteiger partial charge in [0.25, 0.3) is 0 Å². The second-order valence-corrected chi connectivity index (χ2v) is 5.44. The van der Waals surface area contributed by atoms with Crippen LogP contribution in [0.3, 0.4) is 0 Å². The normalized spacial score (nSPS) is 13.9. The molecule has 0 saturated heterocycles. The number of hydrogen-bond donors (Lipinski definition) is 1. The quantitative estimate of drug-likeness (QED) is 0.652. The molecule has 2 N–H and O–H groups in total. The summed E-state index contributed by atoms with van der Waals surface area (Å²) in [6.07, 6.45) is 0.623. The summed E-state index contributed by atoms with van der Waals surface area (Å²) >= 11 is 0. The molecule has 0 radical (unpaired) electrons. The van der Waals surface area contributed by atoms with Crippen LogP contribution in [-0.4, -0.2) is 24.8 Å². The summed E-state index contributed by atoms with van der Waals surface area (Å²) in [7, 11) is -3.24. The molecule has 6 heteroatoms. The van der Waals surface area contributed by atoms with E-state index in [4.69, 9.17) is 14.8 Å². The van der Waals surface area contributed by atoms with Gasteiger partial charge in [-0.25, -0.2) is 0 Å². The van der Waals surface area contributed by atoms with Gasteiger partial charge in [0.1, 0.15) is 11.6 Å². The van der Waals surface area contributed by atoms with Crippen molar-refractivity contribution >= 4 is 13.4 Å². The van der Waals surface area contributed by atoms with Crippen LogP contribution in [0.25, 0.3) is 0 Å². The minimum atomic E-state index is -3.24. The van der Waals surface area contributed by atoms with Crippen molar-refractivity contribution in [3.05, 3.63) is 0 Å². The SMILES string of the molecule is CCOP(=O)(OCC)[C@@H](N)CCC(C)=O. The van der Waals surface area contributed by atoms with E-state index in [1.165, 1.54) is 6.92 Å². The summed E-state index contributed by atoms with van der Waals surface area (Å²) in [6.45, 7) is 5.49. The highest BCUT2D eigenvalue weighted by molar-refractivity contribution is 7.54. The summed E-state index contributed by atoms with van der Waals surface area (Å²) < 4.78 is 22.2. The summed E-state index contributed by atoms with van der Waals surface area (Å²) in [5.41, 5.74) is 5.71. The van der Waals surface area contributed by atoms with Crippen LogP contribution in [0.5, 0.6) is 0 Å². The largest absolute Gasteiger partial charge is 0.347 e. The predicted molar refractivity (Wildman–Crippen MR) is 58.7 cm³/mol. The minimum Gasteiger partial charge on any atom is -0.318 e. The van der Waals surface area contributed by atoms with E-state index >= 15 is 0 Å². The molecule has 0 fully saturated rings. The molecule has 0 aliphatic carbocycles. The summed E-state index contributed by atoms with van der Waals surface area (Å²) in [5.74, 6) is -0.703. The zero-order valence-electron chi connectivity index (χ0n) is 9.56. The van der Waals surface area contributed by atoms with Crippen LogP contribution < -0.4 is 5.73 Å². The highest BCUT2D eigenvalue weighted by Gasteiger charge is 2.32. The summed E-state index contributed by atoms with van der Waals surface area (Å²) in [4.78, 5) is 10.8.